The van der Waals surface area contributed by atoms with Gasteiger partial charge in [-0.2, -0.15) is 0 Å². The lowest BCUT2D eigenvalue weighted by Gasteiger charge is -1.98. The van der Waals surface area contributed by atoms with Gasteiger partial charge in [-0.25, -0.2) is 0 Å². The Balaban J connectivity index is 2.38. The fourth-order valence-electron chi connectivity index (χ4n) is 2.18. The van der Waals surface area contributed by atoms with Gasteiger partial charge in [0.25, 0.3) is 0 Å². The van der Waals surface area contributed by atoms with E-state index in [-0.39, 0.29) is 0 Å². The number of para-hydroxylation sites is 4. The Morgan fingerprint density at radius 2 is 1.62 bits per heavy atom. The number of nitrogens with zero attached hydrogens (tertiary/aromatic N) is 3. The second-order valence-electron chi connectivity index (χ2n) is 3.84. The van der Waals surface area contributed by atoms with Crippen LogP contribution >= 0.6 is 0 Å². The SMILES string of the molecule is c1ccc2c(c1)nc1[n-]c3ccccc3n12. The molecule has 0 unspecified atom stereocenters. The van der Waals surface area contributed by atoms with Crippen LogP contribution in [-0.4, -0.2) is 9.38 Å². The summed E-state index contributed by atoms with van der Waals surface area (Å²) in [5, 5.41) is 0. The molecule has 2 heterocycles. The highest BCUT2D eigenvalue weighted by Crippen LogP contribution is 2.21. The zero-order valence-electron chi connectivity index (χ0n) is 8.46. The maximum atomic E-state index is 4.50. The summed E-state index contributed by atoms with van der Waals surface area (Å²) in [6, 6.07) is 16.2. The Labute approximate surface area is 91.3 Å². The Morgan fingerprint density at radius 1 is 0.875 bits per heavy atom. The van der Waals surface area contributed by atoms with E-state index in [0.29, 0.717) is 0 Å². The molecule has 0 amide bonds. The Morgan fingerprint density at radius 3 is 2.56 bits per heavy atom. The van der Waals surface area contributed by atoms with Gasteiger partial charge in [-0.05, 0) is 0 Å². The van der Waals surface area contributed by atoms with E-state index in [1.807, 2.05) is 36.4 Å². The van der Waals surface area contributed by atoms with Gasteiger partial charge in [0, 0.05) is 27.8 Å². The van der Waals surface area contributed by atoms with Gasteiger partial charge in [-0.3, -0.25) is 0 Å². The Bertz CT molecular complexity index is 742. The highest BCUT2D eigenvalue weighted by atomic mass is 15.1. The molecule has 0 spiro atoms. The molecule has 0 atom stereocenters. The van der Waals surface area contributed by atoms with Crippen molar-refractivity contribution in [2.24, 2.45) is 0 Å². The standard InChI is InChI=1S/C13H8N3/c1-3-7-11-9(5-1)14-13-15-10-6-2-4-8-12(10)16(11)13/h1-8H/q-1. The van der Waals surface area contributed by atoms with Crippen molar-refractivity contribution in [1.29, 1.82) is 0 Å². The van der Waals surface area contributed by atoms with E-state index in [0.717, 1.165) is 27.8 Å². The number of hydrogen-bond donors (Lipinski definition) is 0. The molecule has 76 valence electrons. The van der Waals surface area contributed by atoms with E-state index in [4.69, 9.17) is 0 Å². The van der Waals surface area contributed by atoms with Crippen LogP contribution in [0, 0.1) is 0 Å². The summed E-state index contributed by atoms with van der Waals surface area (Å²) >= 11 is 0. The summed E-state index contributed by atoms with van der Waals surface area (Å²) in [6.45, 7) is 0. The molecule has 3 nitrogen and oxygen atoms in total. The summed E-state index contributed by atoms with van der Waals surface area (Å²) < 4.78 is 2.10. The largest absolute Gasteiger partial charge is 0.366 e. The second kappa shape index (κ2) is 2.64. The van der Waals surface area contributed by atoms with Crippen LogP contribution < -0.4 is 4.98 Å². The first kappa shape index (κ1) is 7.93. The zero-order valence-corrected chi connectivity index (χ0v) is 8.46. The fraction of sp³-hybridized carbons (Fsp3) is 0. The highest BCUT2D eigenvalue weighted by Gasteiger charge is 2.00. The first-order chi connectivity index (χ1) is 7.93. The number of fused-ring (bicyclic) bond motifs is 5. The minimum absolute atomic E-state index is 0.780. The monoisotopic (exact) mass is 206 g/mol. The van der Waals surface area contributed by atoms with E-state index in [2.05, 4.69) is 26.5 Å². The molecular weight excluding hydrogens is 198 g/mol. The van der Waals surface area contributed by atoms with Crippen LogP contribution in [0.1, 0.15) is 0 Å². The summed E-state index contributed by atoms with van der Waals surface area (Å²) in [6.07, 6.45) is 0. The Hall–Kier alpha value is -2.29. The maximum Gasteiger partial charge on any atom is 0.0273 e. The van der Waals surface area contributed by atoms with Crippen molar-refractivity contribution < 1.29 is 0 Å². The summed E-state index contributed by atoms with van der Waals surface area (Å²) in [4.78, 5) is 9.01. The van der Waals surface area contributed by atoms with E-state index in [9.17, 15) is 0 Å². The van der Waals surface area contributed by atoms with Gasteiger partial charge in [0.1, 0.15) is 0 Å². The molecule has 0 radical (unpaired) electrons. The lowest BCUT2D eigenvalue weighted by molar-refractivity contribution is 1.26. The van der Waals surface area contributed by atoms with Crippen molar-refractivity contribution in [3.63, 3.8) is 0 Å². The maximum absolute atomic E-state index is 4.50. The molecule has 0 aliphatic heterocycles. The van der Waals surface area contributed by atoms with Crippen LogP contribution in [0.2, 0.25) is 0 Å². The molecule has 16 heavy (non-hydrogen) atoms. The van der Waals surface area contributed by atoms with Crippen molar-refractivity contribution in [2.45, 2.75) is 0 Å². The molecular formula is C13H8N3-. The first-order valence-electron chi connectivity index (χ1n) is 5.22. The molecule has 0 N–H and O–H groups in total. The molecule has 0 aliphatic carbocycles. The van der Waals surface area contributed by atoms with Crippen molar-refractivity contribution in [1.82, 2.24) is 14.4 Å². The summed E-state index contributed by atoms with van der Waals surface area (Å²) in [7, 11) is 0. The number of imidazole rings is 2. The smallest absolute Gasteiger partial charge is 0.0273 e. The van der Waals surface area contributed by atoms with E-state index in [1.165, 1.54) is 0 Å². The minimum Gasteiger partial charge on any atom is -0.366 e. The minimum atomic E-state index is 0.780. The number of benzene rings is 2. The number of rotatable bonds is 0. The van der Waals surface area contributed by atoms with Crippen molar-refractivity contribution >= 4 is 27.8 Å². The zero-order chi connectivity index (χ0) is 10.5. The summed E-state index contributed by atoms with van der Waals surface area (Å²) in [5.74, 6) is 0.780. The third kappa shape index (κ3) is 0.852. The van der Waals surface area contributed by atoms with Crippen LogP contribution in [-0.2, 0) is 0 Å². The van der Waals surface area contributed by atoms with Crippen LogP contribution in [0.4, 0.5) is 0 Å². The molecule has 4 aromatic rings. The fourth-order valence-corrected chi connectivity index (χ4v) is 2.18. The van der Waals surface area contributed by atoms with Gasteiger partial charge < -0.3 is 14.4 Å². The van der Waals surface area contributed by atoms with Gasteiger partial charge >= 0.3 is 0 Å². The molecule has 0 fully saturated rings. The molecule has 0 saturated heterocycles. The quantitative estimate of drug-likeness (QED) is 0.443. The third-order valence-corrected chi connectivity index (χ3v) is 2.89. The molecule has 0 bridgehead atoms. The van der Waals surface area contributed by atoms with Crippen molar-refractivity contribution in [2.75, 3.05) is 0 Å². The van der Waals surface area contributed by atoms with E-state index >= 15 is 0 Å². The number of hydrogen-bond acceptors (Lipinski definition) is 1. The van der Waals surface area contributed by atoms with Crippen LogP contribution in [0.15, 0.2) is 48.5 Å². The lowest BCUT2D eigenvalue weighted by atomic mass is 10.3. The van der Waals surface area contributed by atoms with Gasteiger partial charge in [-0.1, -0.05) is 48.5 Å². The summed E-state index contributed by atoms with van der Waals surface area (Å²) in [5.41, 5.74) is 4.23. The lowest BCUT2D eigenvalue weighted by Crippen LogP contribution is -1.78. The van der Waals surface area contributed by atoms with E-state index in [1.54, 1.807) is 0 Å². The van der Waals surface area contributed by atoms with Gasteiger partial charge in [0.05, 0.1) is 0 Å². The average Bonchev–Trinajstić information content (AvgIpc) is 2.83. The molecule has 0 saturated carbocycles. The Kier molecular flexibility index (Phi) is 1.31. The molecule has 2 aromatic carbocycles. The number of aromatic nitrogens is 3. The van der Waals surface area contributed by atoms with Crippen LogP contribution in [0.3, 0.4) is 0 Å². The van der Waals surface area contributed by atoms with Crippen LogP contribution in [0.5, 0.6) is 0 Å². The predicted molar refractivity (Wildman–Crippen MR) is 63.5 cm³/mol. The molecule has 0 aliphatic rings. The normalized spacial score (nSPS) is 11.8. The van der Waals surface area contributed by atoms with Crippen LogP contribution in [0.25, 0.3) is 27.8 Å². The topological polar surface area (TPSA) is 31.4 Å². The second-order valence-corrected chi connectivity index (χ2v) is 3.84. The molecule has 4 rings (SSSR count). The third-order valence-electron chi connectivity index (χ3n) is 2.89. The predicted octanol–water partition coefficient (Wildman–Crippen LogP) is 2.60. The van der Waals surface area contributed by atoms with E-state index < -0.39 is 0 Å². The van der Waals surface area contributed by atoms with Gasteiger partial charge in [0.15, 0.2) is 0 Å². The van der Waals surface area contributed by atoms with Crippen molar-refractivity contribution in [3.8, 4) is 0 Å². The van der Waals surface area contributed by atoms with Crippen molar-refractivity contribution in [3.05, 3.63) is 48.5 Å². The molecule has 3 heteroatoms. The first-order valence-corrected chi connectivity index (χ1v) is 5.22. The van der Waals surface area contributed by atoms with Gasteiger partial charge in [-0.15, -0.1) is 0 Å². The van der Waals surface area contributed by atoms with Gasteiger partial charge in [0.2, 0.25) is 0 Å². The average molecular weight is 206 g/mol. The highest BCUT2D eigenvalue weighted by molar-refractivity contribution is 5.89. The molecule has 2 aromatic heterocycles.